The van der Waals surface area contributed by atoms with E-state index in [2.05, 4.69) is 10.3 Å². The van der Waals surface area contributed by atoms with Crippen LogP contribution in [-0.2, 0) is 0 Å². The minimum Gasteiger partial charge on any atom is -0.399 e. The lowest BCUT2D eigenvalue weighted by Gasteiger charge is -2.08. The van der Waals surface area contributed by atoms with Crippen LogP contribution in [0.1, 0.15) is 16.1 Å². The van der Waals surface area contributed by atoms with Crippen molar-refractivity contribution < 1.29 is 4.79 Å². The van der Waals surface area contributed by atoms with Crippen LogP contribution in [0.5, 0.6) is 0 Å². The second kappa shape index (κ2) is 5.06. The van der Waals surface area contributed by atoms with Crippen molar-refractivity contribution in [3.05, 3.63) is 52.8 Å². The zero-order valence-electron chi connectivity index (χ0n) is 9.77. The van der Waals surface area contributed by atoms with Crippen molar-refractivity contribution in [3.63, 3.8) is 0 Å². The quantitative estimate of drug-likeness (QED) is 0.817. The Labute approximate surface area is 110 Å². The van der Waals surface area contributed by atoms with Gasteiger partial charge >= 0.3 is 0 Å². The molecule has 3 N–H and O–H groups in total. The van der Waals surface area contributed by atoms with Crippen molar-refractivity contribution in [3.8, 4) is 0 Å². The smallest absolute Gasteiger partial charge is 0.255 e. The molecule has 92 valence electrons. The van der Waals surface area contributed by atoms with Crippen LogP contribution >= 0.6 is 11.6 Å². The van der Waals surface area contributed by atoms with E-state index in [9.17, 15) is 4.79 Å². The first-order valence-electron chi connectivity index (χ1n) is 5.35. The van der Waals surface area contributed by atoms with Crippen LogP contribution in [0, 0.1) is 6.92 Å². The van der Waals surface area contributed by atoms with E-state index in [0.717, 1.165) is 5.69 Å². The van der Waals surface area contributed by atoms with Crippen LogP contribution in [0.2, 0.25) is 5.02 Å². The molecule has 0 aliphatic carbocycles. The summed E-state index contributed by atoms with van der Waals surface area (Å²) in [6.07, 6.45) is 1.59. The number of hydrogen-bond donors (Lipinski definition) is 2. The number of pyridine rings is 1. The maximum absolute atomic E-state index is 12.0. The van der Waals surface area contributed by atoms with Crippen LogP contribution in [-0.4, -0.2) is 10.9 Å². The fourth-order valence-electron chi connectivity index (χ4n) is 1.51. The van der Waals surface area contributed by atoms with Gasteiger partial charge in [0.1, 0.15) is 0 Å². The summed E-state index contributed by atoms with van der Waals surface area (Å²) in [6.45, 7) is 1.83. The first kappa shape index (κ1) is 12.4. The third kappa shape index (κ3) is 2.78. The van der Waals surface area contributed by atoms with E-state index in [4.69, 9.17) is 17.3 Å². The summed E-state index contributed by atoms with van der Waals surface area (Å²) in [5.74, 6) is -0.229. The Morgan fingerprint density at radius 1 is 1.33 bits per heavy atom. The van der Waals surface area contributed by atoms with Crippen LogP contribution in [0.15, 0.2) is 36.5 Å². The van der Waals surface area contributed by atoms with Gasteiger partial charge in [-0.15, -0.1) is 0 Å². The number of aryl methyl sites for hydroxylation is 1. The molecule has 0 aliphatic heterocycles. The predicted molar refractivity (Wildman–Crippen MR) is 72.8 cm³/mol. The fourth-order valence-corrected chi connectivity index (χ4v) is 1.75. The van der Waals surface area contributed by atoms with Gasteiger partial charge in [0.2, 0.25) is 0 Å². The van der Waals surface area contributed by atoms with Gasteiger partial charge in [-0.2, -0.15) is 0 Å². The summed E-state index contributed by atoms with van der Waals surface area (Å²) >= 11 is 5.99. The van der Waals surface area contributed by atoms with Gasteiger partial charge in [0.05, 0.1) is 10.7 Å². The predicted octanol–water partition coefficient (Wildman–Crippen LogP) is 2.88. The van der Waals surface area contributed by atoms with Gasteiger partial charge in [-0.25, -0.2) is 0 Å². The number of nitrogens with two attached hydrogens (primary N) is 1. The number of amides is 1. The highest BCUT2D eigenvalue weighted by atomic mass is 35.5. The first-order chi connectivity index (χ1) is 8.56. The van der Waals surface area contributed by atoms with Crippen molar-refractivity contribution >= 4 is 28.9 Å². The summed E-state index contributed by atoms with van der Waals surface area (Å²) in [7, 11) is 0. The van der Waals surface area contributed by atoms with Crippen molar-refractivity contribution in [1.29, 1.82) is 0 Å². The molecule has 1 aromatic carbocycles. The Morgan fingerprint density at radius 2 is 2.11 bits per heavy atom. The lowest BCUT2D eigenvalue weighted by Crippen LogP contribution is -2.12. The highest BCUT2D eigenvalue weighted by Crippen LogP contribution is 2.24. The summed E-state index contributed by atoms with van der Waals surface area (Å²) in [4.78, 5) is 16.0. The maximum Gasteiger partial charge on any atom is 0.255 e. The number of benzene rings is 1. The number of nitrogens with zero attached hydrogens (tertiary/aromatic N) is 1. The average Bonchev–Trinajstić information content (AvgIpc) is 2.32. The van der Waals surface area contributed by atoms with Gasteiger partial charge in [0.15, 0.2) is 0 Å². The van der Waals surface area contributed by atoms with Gasteiger partial charge in [-0.05, 0) is 37.3 Å². The lowest BCUT2D eigenvalue weighted by atomic mass is 10.2. The van der Waals surface area contributed by atoms with E-state index < -0.39 is 0 Å². The van der Waals surface area contributed by atoms with Crippen LogP contribution in [0.4, 0.5) is 11.4 Å². The Bertz CT molecular complexity index is 599. The molecule has 1 aromatic heterocycles. The largest absolute Gasteiger partial charge is 0.399 e. The van der Waals surface area contributed by atoms with Crippen molar-refractivity contribution in [2.45, 2.75) is 6.92 Å². The zero-order valence-corrected chi connectivity index (χ0v) is 10.5. The Kier molecular flexibility index (Phi) is 3.48. The van der Waals surface area contributed by atoms with Crippen LogP contribution in [0.3, 0.4) is 0 Å². The maximum atomic E-state index is 12.0. The summed E-state index contributed by atoms with van der Waals surface area (Å²) in [5.41, 5.74) is 7.99. The average molecular weight is 262 g/mol. The molecular weight excluding hydrogens is 250 g/mol. The molecule has 1 heterocycles. The Morgan fingerprint density at radius 3 is 2.78 bits per heavy atom. The second-order valence-corrected chi connectivity index (χ2v) is 4.29. The van der Waals surface area contributed by atoms with Crippen molar-refractivity contribution in [2.75, 3.05) is 11.1 Å². The molecule has 0 saturated heterocycles. The molecule has 0 fully saturated rings. The van der Waals surface area contributed by atoms with Gasteiger partial charge in [0, 0.05) is 23.1 Å². The zero-order chi connectivity index (χ0) is 13.1. The van der Waals surface area contributed by atoms with Gasteiger partial charge < -0.3 is 11.1 Å². The third-order valence-electron chi connectivity index (χ3n) is 2.40. The molecule has 5 heteroatoms. The second-order valence-electron chi connectivity index (χ2n) is 3.88. The lowest BCUT2D eigenvalue weighted by molar-refractivity contribution is 0.102. The van der Waals surface area contributed by atoms with Crippen molar-refractivity contribution in [1.82, 2.24) is 4.98 Å². The summed E-state index contributed by atoms with van der Waals surface area (Å²) in [5, 5.41) is 3.14. The van der Waals surface area contributed by atoms with Gasteiger partial charge in [-0.1, -0.05) is 11.6 Å². The minimum atomic E-state index is -0.229. The number of anilines is 2. The standard InChI is InChI=1S/C13H12ClN3O/c1-8-6-9(4-5-16-8)13(18)17-12-3-2-10(15)7-11(12)14/h2-7H,15H2,1H3,(H,17,18). The molecule has 0 aliphatic rings. The molecule has 18 heavy (non-hydrogen) atoms. The number of nitrogen functional groups attached to an aromatic ring is 1. The number of carbonyl (C=O) groups is 1. The molecule has 4 nitrogen and oxygen atoms in total. The van der Waals surface area contributed by atoms with Gasteiger partial charge in [-0.3, -0.25) is 9.78 Å². The fraction of sp³-hybridized carbons (Fsp3) is 0.0769. The Balaban J connectivity index is 2.21. The van der Waals surface area contributed by atoms with E-state index in [-0.39, 0.29) is 5.91 Å². The number of nitrogens with one attached hydrogen (secondary N) is 1. The molecule has 2 rings (SSSR count). The summed E-state index contributed by atoms with van der Waals surface area (Å²) < 4.78 is 0. The molecule has 0 saturated carbocycles. The molecule has 2 aromatic rings. The molecule has 0 bridgehead atoms. The van der Waals surface area contributed by atoms with E-state index in [1.807, 2.05) is 6.92 Å². The molecule has 0 radical (unpaired) electrons. The van der Waals surface area contributed by atoms with E-state index >= 15 is 0 Å². The molecule has 1 amide bonds. The monoisotopic (exact) mass is 261 g/mol. The van der Waals surface area contributed by atoms with Crippen LogP contribution < -0.4 is 11.1 Å². The number of carbonyl (C=O) groups excluding carboxylic acids is 1. The van der Waals surface area contributed by atoms with Gasteiger partial charge in [0.25, 0.3) is 5.91 Å². The SMILES string of the molecule is Cc1cc(C(=O)Nc2ccc(N)cc2Cl)ccn1. The van der Waals surface area contributed by atoms with Crippen LogP contribution in [0.25, 0.3) is 0 Å². The highest BCUT2D eigenvalue weighted by molar-refractivity contribution is 6.34. The van der Waals surface area contributed by atoms with E-state index in [1.165, 1.54) is 0 Å². The molecule has 0 unspecified atom stereocenters. The Hall–Kier alpha value is -2.07. The molecule has 0 spiro atoms. The molecule has 0 atom stereocenters. The highest BCUT2D eigenvalue weighted by Gasteiger charge is 2.08. The number of halogens is 1. The van der Waals surface area contributed by atoms with E-state index in [0.29, 0.717) is 22.0 Å². The number of rotatable bonds is 2. The normalized spacial score (nSPS) is 10.1. The minimum absolute atomic E-state index is 0.229. The topological polar surface area (TPSA) is 68.0 Å². The number of aromatic nitrogens is 1. The van der Waals surface area contributed by atoms with Crippen molar-refractivity contribution in [2.24, 2.45) is 0 Å². The third-order valence-corrected chi connectivity index (χ3v) is 2.71. The van der Waals surface area contributed by atoms with E-state index in [1.54, 1.807) is 36.5 Å². The summed E-state index contributed by atoms with van der Waals surface area (Å²) in [6, 6.07) is 8.30. The number of hydrogen-bond acceptors (Lipinski definition) is 3. The first-order valence-corrected chi connectivity index (χ1v) is 5.73. The molecular formula is C13H12ClN3O.